The van der Waals surface area contributed by atoms with Crippen LogP contribution >= 0.6 is 11.8 Å². The topological polar surface area (TPSA) is 82.9 Å². The van der Waals surface area contributed by atoms with E-state index in [1.165, 1.54) is 0 Å². The van der Waals surface area contributed by atoms with Gasteiger partial charge in [0.2, 0.25) is 11.8 Å². The van der Waals surface area contributed by atoms with Gasteiger partial charge in [0.15, 0.2) is 0 Å². The molecule has 17 heavy (non-hydrogen) atoms. The zero-order chi connectivity index (χ0) is 12.1. The van der Waals surface area contributed by atoms with Crippen molar-refractivity contribution in [3.63, 3.8) is 0 Å². The minimum absolute atomic E-state index is 0.0670. The number of aliphatic imine (C=N–C) groups is 2. The van der Waals surface area contributed by atoms with Crippen LogP contribution < -0.4 is 10.6 Å². The lowest BCUT2D eigenvalue weighted by Gasteiger charge is -2.15. The lowest BCUT2D eigenvalue weighted by molar-refractivity contribution is -0.118. The van der Waals surface area contributed by atoms with Crippen molar-refractivity contribution >= 4 is 35.2 Å². The highest BCUT2D eigenvalue weighted by molar-refractivity contribution is 8.00. The molecule has 2 heterocycles. The number of nitrogens with one attached hydrogen (secondary N) is 2. The van der Waals surface area contributed by atoms with E-state index in [4.69, 9.17) is 0 Å². The molecule has 7 heteroatoms. The third kappa shape index (κ3) is 3.85. The molecule has 0 fully saturated rings. The Hall–Kier alpha value is -1.37. The van der Waals surface area contributed by atoms with Gasteiger partial charge in [0, 0.05) is 25.9 Å². The highest BCUT2D eigenvalue weighted by Crippen LogP contribution is 2.05. The maximum atomic E-state index is 11.1. The largest absolute Gasteiger partial charge is 0.372 e. The summed E-state index contributed by atoms with van der Waals surface area (Å²) in [5.41, 5.74) is 0. The fourth-order valence-electron chi connectivity index (χ4n) is 1.53. The van der Waals surface area contributed by atoms with E-state index in [9.17, 15) is 9.59 Å². The van der Waals surface area contributed by atoms with Gasteiger partial charge < -0.3 is 10.6 Å². The van der Waals surface area contributed by atoms with E-state index in [1.807, 2.05) is 0 Å². The summed E-state index contributed by atoms with van der Waals surface area (Å²) >= 11 is 1.58. The number of hydrogen-bond donors (Lipinski definition) is 2. The van der Waals surface area contributed by atoms with Gasteiger partial charge in [-0.25, -0.2) is 0 Å². The predicted octanol–water partition coefficient (Wildman–Crippen LogP) is -0.444. The van der Waals surface area contributed by atoms with Gasteiger partial charge in [0.05, 0.1) is 11.5 Å². The van der Waals surface area contributed by atoms with Crippen molar-refractivity contribution in [2.45, 2.75) is 12.8 Å². The Morgan fingerprint density at radius 3 is 1.82 bits per heavy atom. The fraction of sp³-hybridized carbons (Fsp3) is 0.600. The van der Waals surface area contributed by atoms with Gasteiger partial charge in [0.25, 0.3) is 0 Å². The smallest absolute Gasteiger partial charge is 0.249 e. The van der Waals surface area contributed by atoms with Gasteiger partial charge in [-0.2, -0.15) is 9.98 Å². The lowest BCUT2D eigenvalue weighted by Crippen LogP contribution is -2.35. The summed E-state index contributed by atoms with van der Waals surface area (Å²) in [7, 11) is 0. The van der Waals surface area contributed by atoms with Gasteiger partial charge in [-0.1, -0.05) is 0 Å². The molecule has 2 rings (SSSR count). The summed E-state index contributed by atoms with van der Waals surface area (Å²) in [6, 6.07) is 0. The average molecular weight is 254 g/mol. The standard InChI is InChI=1S/C10H14N4O2S/c15-9-1-3-11-7(13-9)5-17-6-8-12-4-2-10(16)14-8/h1-6H2,(H,11,13,15)(H,12,14,16). The Kier molecular flexibility index (Phi) is 4.13. The van der Waals surface area contributed by atoms with Crippen LogP contribution in [-0.2, 0) is 9.59 Å². The number of hydrogen-bond acceptors (Lipinski definition) is 5. The van der Waals surface area contributed by atoms with Crippen molar-refractivity contribution < 1.29 is 9.59 Å². The lowest BCUT2D eigenvalue weighted by atomic mass is 10.3. The zero-order valence-electron chi connectivity index (χ0n) is 9.36. The van der Waals surface area contributed by atoms with Gasteiger partial charge in [0.1, 0.15) is 11.7 Å². The summed E-state index contributed by atoms with van der Waals surface area (Å²) in [5, 5.41) is 6.15. The van der Waals surface area contributed by atoms with E-state index in [-0.39, 0.29) is 11.8 Å². The summed E-state index contributed by atoms with van der Waals surface area (Å²) in [6.45, 7) is 1.33. The quantitative estimate of drug-likeness (QED) is 0.710. The summed E-state index contributed by atoms with van der Waals surface area (Å²) < 4.78 is 0. The van der Waals surface area contributed by atoms with E-state index in [0.29, 0.717) is 49.1 Å². The molecular weight excluding hydrogens is 240 g/mol. The van der Waals surface area contributed by atoms with E-state index in [2.05, 4.69) is 20.6 Å². The summed E-state index contributed by atoms with van der Waals surface area (Å²) in [4.78, 5) is 29.9. The predicted molar refractivity (Wildman–Crippen MR) is 67.4 cm³/mol. The first-order valence-corrected chi connectivity index (χ1v) is 6.66. The van der Waals surface area contributed by atoms with Gasteiger partial charge in [-0.3, -0.25) is 9.59 Å². The molecule has 0 aliphatic carbocycles. The number of carbonyl (C=O) groups is 2. The number of amides is 2. The Bertz CT molecular complexity index is 356. The van der Waals surface area contributed by atoms with Crippen molar-refractivity contribution in [1.29, 1.82) is 0 Å². The highest BCUT2D eigenvalue weighted by atomic mass is 32.2. The molecule has 2 amide bonds. The van der Waals surface area contributed by atoms with E-state index >= 15 is 0 Å². The molecular formula is C10H14N4O2S. The first-order valence-electron chi connectivity index (χ1n) is 5.50. The maximum Gasteiger partial charge on any atom is 0.249 e. The molecule has 0 aromatic rings. The van der Waals surface area contributed by atoms with Crippen LogP contribution in [-0.4, -0.2) is 48.1 Å². The molecule has 2 N–H and O–H groups in total. The molecule has 0 saturated heterocycles. The van der Waals surface area contributed by atoms with Crippen LogP contribution in [0, 0.1) is 0 Å². The third-order valence-corrected chi connectivity index (χ3v) is 3.29. The minimum Gasteiger partial charge on any atom is -0.372 e. The van der Waals surface area contributed by atoms with Crippen LogP contribution in [0.25, 0.3) is 0 Å². The number of amidine groups is 2. The normalized spacial score (nSPS) is 20.2. The van der Waals surface area contributed by atoms with Crippen molar-refractivity contribution in [2.75, 3.05) is 24.6 Å². The molecule has 0 unspecified atom stereocenters. The monoisotopic (exact) mass is 254 g/mol. The summed E-state index contributed by atoms with van der Waals surface area (Å²) in [6.07, 6.45) is 0.938. The molecule has 6 nitrogen and oxygen atoms in total. The van der Waals surface area contributed by atoms with Crippen LogP contribution in [0.15, 0.2) is 9.98 Å². The zero-order valence-corrected chi connectivity index (χ0v) is 10.2. The number of carbonyl (C=O) groups excluding carboxylic acids is 2. The fourth-order valence-corrected chi connectivity index (χ4v) is 2.35. The Morgan fingerprint density at radius 2 is 1.41 bits per heavy atom. The van der Waals surface area contributed by atoms with Crippen molar-refractivity contribution in [1.82, 2.24) is 10.6 Å². The molecule has 92 valence electrons. The Morgan fingerprint density at radius 1 is 0.941 bits per heavy atom. The molecule has 0 radical (unpaired) electrons. The van der Waals surface area contributed by atoms with Crippen LogP contribution in [0.4, 0.5) is 0 Å². The van der Waals surface area contributed by atoms with Crippen molar-refractivity contribution in [3.8, 4) is 0 Å². The van der Waals surface area contributed by atoms with Gasteiger partial charge >= 0.3 is 0 Å². The van der Waals surface area contributed by atoms with Crippen molar-refractivity contribution in [3.05, 3.63) is 0 Å². The molecule has 0 saturated carbocycles. The van der Waals surface area contributed by atoms with Gasteiger partial charge in [-0.05, 0) is 0 Å². The highest BCUT2D eigenvalue weighted by Gasteiger charge is 2.13. The maximum absolute atomic E-state index is 11.1. The van der Waals surface area contributed by atoms with Crippen LogP contribution in [0.3, 0.4) is 0 Å². The van der Waals surface area contributed by atoms with Crippen LogP contribution in [0.2, 0.25) is 0 Å². The summed E-state index contributed by atoms with van der Waals surface area (Å²) in [5.74, 6) is 2.58. The Balaban J connectivity index is 1.76. The Labute approximate surface area is 103 Å². The third-order valence-electron chi connectivity index (χ3n) is 2.33. The van der Waals surface area contributed by atoms with Crippen molar-refractivity contribution in [2.24, 2.45) is 9.98 Å². The molecule has 0 aromatic heterocycles. The molecule has 0 spiro atoms. The molecule has 2 aliphatic heterocycles. The molecule has 0 atom stereocenters. The molecule has 0 aromatic carbocycles. The number of thioether (sulfide) groups is 1. The second-order valence-electron chi connectivity index (χ2n) is 3.75. The van der Waals surface area contributed by atoms with Crippen LogP contribution in [0.1, 0.15) is 12.8 Å². The minimum atomic E-state index is -0.0670. The second-order valence-corrected chi connectivity index (χ2v) is 4.74. The second kappa shape index (κ2) is 5.81. The SMILES string of the molecule is O=C1CCNC(CSCC2=NC(=O)CCN2)=N1. The van der Waals surface area contributed by atoms with Gasteiger partial charge in [-0.15, -0.1) is 11.8 Å². The van der Waals surface area contributed by atoms with E-state index in [1.54, 1.807) is 11.8 Å². The van der Waals surface area contributed by atoms with E-state index < -0.39 is 0 Å². The molecule has 0 bridgehead atoms. The molecule has 2 aliphatic rings. The first kappa shape index (κ1) is 12.1. The van der Waals surface area contributed by atoms with Crippen LogP contribution in [0.5, 0.6) is 0 Å². The first-order chi connectivity index (χ1) is 8.24. The average Bonchev–Trinajstić information content (AvgIpc) is 2.29. The number of rotatable bonds is 4. The number of nitrogens with zero attached hydrogens (tertiary/aromatic N) is 2. The van der Waals surface area contributed by atoms with E-state index in [0.717, 1.165) is 0 Å².